The fourth-order valence-corrected chi connectivity index (χ4v) is 2.23. The Hall–Kier alpha value is -1.44. The Balaban J connectivity index is 0.00000625. The highest BCUT2D eigenvalue weighted by Crippen LogP contribution is 2.09. The van der Waals surface area contributed by atoms with Gasteiger partial charge in [-0.05, 0) is 17.7 Å². The molecule has 4 N–H and O–H groups in total. The van der Waals surface area contributed by atoms with Crippen LogP contribution in [-0.4, -0.2) is 66.1 Å². The van der Waals surface area contributed by atoms with Crippen LogP contribution >= 0.6 is 24.0 Å². The summed E-state index contributed by atoms with van der Waals surface area (Å²) in [5.74, 6) is 0.376. The Morgan fingerprint density at radius 3 is 2.35 bits per heavy atom. The summed E-state index contributed by atoms with van der Waals surface area (Å²) in [4.78, 5) is 17.6. The van der Waals surface area contributed by atoms with Crippen LogP contribution < -0.4 is 15.8 Å². The largest absolute Gasteiger partial charge is 0.383 e. The van der Waals surface area contributed by atoms with Gasteiger partial charge in [-0.25, -0.2) is 18.5 Å². The lowest BCUT2D eigenvalue weighted by Gasteiger charge is -2.14. The fraction of sp³-hybridized carbons (Fsp3) is 0.467. The highest BCUT2D eigenvalue weighted by molar-refractivity contribution is 14.0. The molecule has 0 aliphatic carbocycles. The SMILES string of the molecule is COCCNC(=NCc1ccc(S(N)(=O)=O)cc1)NCC(=O)N(C)C.I. The first-order valence-corrected chi connectivity index (χ1v) is 9.11. The topological polar surface area (TPSA) is 126 Å². The van der Waals surface area contributed by atoms with E-state index in [1.54, 1.807) is 33.3 Å². The molecule has 0 saturated carbocycles. The molecule has 0 bridgehead atoms. The number of aliphatic imine (C=N–C) groups is 1. The zero-order chi connectivity index (χ0) is 18.9. The van der Waals surface area contributed by atoms with Gasteiger partial charge in [-0.2, -0.15) is 0 Å². The van der Waals surface area contributed by atoms with Gasteiger partial charge >= 0.3 is 0 Å². The van der Waals surface area contributed by atoms with Crippen molar-refractivity contribution in [1.29, 1.82) is 0 Å². The normalized spacial score (nSPS) is 11.5. The maximum absolute atomic E-state index is 11.7. The van der Waals surface area contributed by atoms with Gasteiger partial charge in [-0.3, -0.25) is 4.79 Å². The van der Waals surface area contributed by atoms with Crippen molar-refractivity contribution in [2.75, 3.05) is 40.9 Å². The predicted molar refractivity (Wildman–Crippen MR) is 111 cm³/mol. The van der Waals surface area contributed by atoms with Crippen molar-refractivity contribution in [2.24, 2.45) is 10.1 Å². The molecule has 1 amide bonds. The van der Waals surface area contributed by atoms with Crippen molar-refractivity contribution in [2.45, 2.75) is 11.4 Å². The number of amides is 1. The van der Waals surface area contributed by atoms with E-state index in [1.165, 1.54) is 17.0 Å². The van der Waals surface area contributed by atoms with E-state index in [9.17, 15) is 13.2 Å². The zero-order valence-electron chi connectivity index (χ0n) is 15.1. The summed E-state index contributed by atoms with van der Waals surface area (Å²) in [5.41, 5.74) is 0.805. The average molecular weight is 499 g/mol. The highest BCUT2D eigenvalue weighted by atomic mass is 127. The maximum atomic E-state index is 11.7. The van der Waals surface area contributed by atoms with Gasteiger partial charge in [-0.15, -0.1) is 24.0 Å². The number of likely N-dealkylation sites (N-methyl/N-ethyl adjacent to an activating group) is 1. The monoisotopic (exact) mass is 499 g/mol. The van der Waals surface area contributed by atoms with Crippen LogP contribution in [-0.2, 0) is 26.1 Å². The first-order valence-electron chi connectivity index (χ1n) is 7.57. The molecule has 0 aromatic heterocycles. The molecule has 0 unspecified atom stereocenters. The number of sulfonamides is 1. The van der Waals surface area contributed by atoms with Gasteiger partial charge in [0.05, 0.1) is 24.6 Å². The van der Waals surface area contributed by atoms with Gasteiger partial charge in [0.25, 0.3) is 0 Å². The third-order valence-corrected chi connectivity index (χ3v) is 4.11. The van der Waals surface area contributed by atoms with E-state index < -0.39 is 10.0 Å². The molecular weight excluding hydrogens is 473 g/mol. The second-order valence-electron chi connectivity index (χ2n) is 5.42. The number of nitrogens with one attached hydrogen (secondary N) is 2. The summed E-state index contributed by atoms with van der Waals surface area (Å²) in [7, 11) is 1.23. The second kappa shape index (κ2) is 12.0. The molecule has 1 rings (SSSR count). The van der Waals surface area contributed by atoms with Crippen molar-refractivity contribution in [3.63, 3.8) is 0 Å². The van der Waals surface area contributed by atoms with Gasteiger partial charge < -0.3 is 20.3 Å². The third-order valence-electron chi connectivity index (χ3n) is 3.18. The number of halogens is 1. The first-order chi connectivity index (χ1) is 11.7. The molecule has 0 aliphatic heterocycles. The molecule has 1 aromatic rings. The number of benzene rings is 1. The molecule has 0 atom stereocenters. The summed E-state index contributed by atoms with van der Waals surface area (Å²) >= 11 is 0. The Labute approximate surface area is 171 Å². The molecule has 0 spiro atoms. The summed E-state index contributed by atoms with van der Waals surface area (Å²) in [5, 5.41) is 11.1. The summed E-state index contributed by atoms with van der Waals surface area (Å²) in [6, 6.07) is 6.14. The van der Waals surface area contributed by atoms with E-state index in [2.05, 4.69) is 15.6 Å². The molecule has 0 fully saturated rings. The molecule has 0 heterocycles. The number of rotatable bonds is 8. The predicted octanol–water partition coefficient (Wildman–Crippen LogP) is -0.278. The van der Waals surface area contributed by atoms with Crippen molar-refractivity contribution < 1.29 is 17.9 Å². The molecule has 148 valence electrons. The first kappa shape index (κ1) is 24.6. The van der Waals surface area contributed by atoms with Crippen LogP contribution in [0.25, 0.3) is 0 Å². The standard InChI is InChI=1S/C15H25N5O4S.HI/c1-20(2)14(21)11-19-15(17-8-9-24-3)18-10-12-4-6-13(7-5-12)25(16,22)23;/h4-7H,8-11H2,1-3H3,(H2,16,22,23)(H2,17,18,19);1H. The Bertz CT molecular complexity index is 692. The van der Waals surface area contributed by atoms with Crippen LogP contribution in [0.2, 0.25) is 0 Å². The minimum absolute atomic E-state index is 0. The Kier molecular flexibility index (Phi) is 11.4. The van der Waals surface area contributed by atoms with Crippen molar-refractivity contribution in [3.05, 3.63) is 29.8 Å². The minimum Gasteiger partial charge on any atom is -0.383 e. The quantitative estimate of drug-likeness (QED) is 0.196. The third kappa shape index (κ3) is 9.31. The van der Waals surface area contributed by atoms with Gasteiger partial charge in [-0.1, -0.05) is 12.1 Å². The van der Waals surface area contributed by atoms with Gasteiger partial charge in [0.15, 0.2) is 5.96 Å². The lowest BCUT2D eigenvalue weighted by Crippen LogP contribution is -2.43. The van der Waals surface area contributed by atoms with Gasteiger partial charge in [0.2, 0.25) is 15.9 Å². The minimum atomic E-state index is -3.71. The summed E-state index contributed by atoms with van der Waals surface area (Å²) in [6.45, 7) is 1.44. The molecule has 11 heteroatoms. The number of methoxy groups -OCH3 is 1. The zero-order valence-corrected chi connectivity index (χ0v) is 18.2. The molecule has 26 heavy (non-hydrogen) atoms. The number of hydrogen-bond donors (Lipinski definition) is 3. The summed E-state index contributed by atoms with van der Waals surface area (Å²) < 4.78 is 27.5. The van der Waals surface area contributed by atoms with Crippen LogP contribution in [0.4, 0.5) is 0 Å². The average Bonchev–Trinajstić information content (AvgIpc) is 2.56. The van der Waals surface area contributed by atoms with Crippen molar-refractivity contribution >= 4 is 45.9 Å². The number of guanidine groups is 1. The fourth-order valence-electron chi connectivity index (χ4n) is 1.72. The van der Waals surface area contributed by atoms with E-state index in [1.807, 2.05) is 0 Å². The maximum Gasteiger partial charge on any atom is 0.241 e. The summed E-state index contributed by atoms with van der Waals surface area (Å²) in [6.07, 6.45) is 0. The van der Waals surface area contributed by atoms with Crippen LogP contribution in [0, 0.1) is 0 Å². The van der Waals surface area contributed by atoms with Crippen LogP contribution in [0.1, 0.15) is 5.56 Å². The van der Waals surface area contributed by atoms with Gasteiger partial charge in [0.1, 0.15) is 0 Å². The van der Waals surface area contributed by atoms with E-state index in [4.69, 9.17) is 9.88 Å². The van der Waals surface area contributed by atoms with E-state index in [0.29, 0.717) is 25.7 Å². The Morgan fingerprint density at radius 1 is 1.23 bits per heavy atom. The second-order valence-corrected chi connectivity index (χ2v) is 6.98. The van der Waals surface area contributed by atoms with E-state index in [0.717, 1.165) is 5.56 Å². The molecular formula is C15H26IN5O4S. The molecule has 0 radical (unpaired) electrons. The Morgan fingerprint density at radius 2 is 1.85 bits per heavy atom. The number of carbonyl (C=O) groups is 1. The van der Waals surface area contributed by atoms with Crippen LogP contribution in [0.15, 0.2) is 34.2 Å². The van der Waals surface area contributed by atoms with E-state index >= 15 is 0 Å². The van der Waals surface area contributed by atoms with Crippen LogP contribution in [0.3, 0.4) is 0 Å². The molecule has 1 aromatic carbocycles. The number of nitrogens with zero attached hydrogens (tertiary/aromatic N) is 2. The number of nitrogens with two attached hydrogens (primary N) is 1. The lowest BCUT2D eigenvalue weighted by molar-refractivity contribution is -0.127. The number of primary sulfonamides is 1. The molecule has 0 aliphatic rings. The number of carbonyl (C=O) groups excluding carboxylic acids is 1. The molecule has 0 saturated heterocycles. The molecule has 9 nitrogen and oxygen atoms in total. The number of ether oxygens (including phenoxy) is 1. The van der Waals surface area contributed by atoms with Crippen LogP contribution in [0.5, 0.6) is 0 Å². The van der Waals surface area contributed by atoms with Crippen molar-refractivity contribution in [1.82, 2.24) is 15.5 Å². The van der Waals surface area contributed by atoms with Crippen molar-refractivity contribution in [3.8, 4) is 0 Å². The number of hydrogen-bond acceptors (Lipinski definition) is 5. The smallest absolute Gasteiger partial charge is 0.241 e. The van der Waals surface area contributed by atoms with Gasteiger partial charge in [0, 0.05) is 27.7 Å². The van der Waals surface area contributed by atoms with E-state index in [-0.39, 0.29) is 41.3 Å². The highest BCUT2D eigenvalue weighted by Gasteiger charge is 2.08. The lowest BCUT2D eigenvalue weighted by atomic mass is 10.2.